The molecule has 0 spiro atoms. The first-order chi connectivity index (χ1) is 9.85. The number of para-hydroxylation sites is 2. The van der Waals surface area contributed by atoms with Gasteiger partial charge >= 0.3 is 0 Å². The van der Waals surface area contributed by atoms with E-state index in [1.165, 1.54) is 7.11 Å². The van der Waals surface area contributed by atoms with Gasteiger partial charge in [0, 0.05) is 5.02 Å². The highest BCUT2D eigenvalue weighted by Gasteiger charge is 2.19. The number of ether oxygens (including phenoxy) is 1. The molecule has 0 atom stereocenters. The van der Waals surface area contributed by atoms with Crippen LogP contribution in [0.15, 0.2) is 41.3 Å². The lowest BCUT2D eigenvalue weighted by molar-refractivity contribution is 0.417. The second-order valence-corrected chi connectivity index (χ2v) is 6.73. The van der Waals surface area contributed by atoms with Crippen molar-refractivity contribution in [2.24, 2.45) is 0 Å². The Kier molecular flexibility index (Phi) is 4.44. The smallest absolute Gasteiger partial charge is 0.262 e. The molecule has 21 heavy (non-hydrogen) atoms. The van der Waals surface area contributed by atoms with Crippen LogP contribution in [-0.4, -0.2) is 15.5 Å². The van der Waals surface area contributed by atoms with Crippen molar-refractivity contribution >= 4 is 27.3 Å². The fourth-order valence-electron chi connectivity index (χ4n) is 1.97. The number of aryl methyl sites for hydroxylation is 2. The minimum atomic E-state index is -3.70. The molecule has 6 heteroatoms. The monoisotopic (exact) mass is 325 g/mol. The number of hydrogen-bond acceptors (Lipinski definition) is 3. The first-order valence-electron chi connectivity index (χ1n) is 6.27. The Bertz CT molecular complexity index is 772. The van der Waals surface area contributed by atoms with E-state index in [-0.39, 0.29) is 4.90 Å². The molecule has 0 fully saturated rings. The summed E-state index contributed by atoms with van der Waals surface area (Å²) in [4.78, 5) is 0.204. The van der Waals surface area contributed by atoms with Gasteiger partial charge in [-0.05, 0) is 49.2 Å². The summed E-state index contributed by atoms with van der Waals surface area (Å²) in [5, 5.41) is 0.545. The third kappa shape index (κ3) is 3.31. The molecular weight excluding hydrogens is 310 g/mol. The SMILES string of the molecule is COc1ccccc1NS(=O)(=O)c1cc(C)c(Cl)cc1C. The molecule has 0 radical (unpaired) electrons. The molecule has 0 saturated carbocycles. The summed E-state index contributed by atoms with van der Waals surface area (Å²) in [7, 11) is -2.21. The number of methoxy groups -OCH3 is 1. The van der Waals surface area contributed by atoms with E-state index in [9.17, 15) is 8.42 Å². The molecule has 2 rings (SSSR count). The van der Waals surface area contributed by atoms with E-state index in [1.54, 1.807) is 50.2 Å². The van der Waals surface area contributed by atoms with Crippen molar-refractivity contribution < 1.29 is 13.2 Å². The van der Waals surface area contributed by atoms with Gasteiger partial charge in [-0.15, -0.1) is 0 Å². The van der Waals surface area contributed by atoms with E-state index in [1.807, 2.05) is 0 Å². The maximum atomic E-state index is 12.5. The minimum absolute atomic E-state index is 0.204. The molecule has 0 aliphatic heterocycles. The highest BCUT2D eigenvalue weighted by Crippen LogP contribution is 2.29. The summed E-state index contributed by atoms with van der Waals surface area (Å²) < 4.78 is 32.8. The van der Waals surface area contributed by atoms with E-state index in [2.05, 4.69) is 4.72 Å². The Balaban J connectivity index is 2.46. The second kappa shape index (κ2) is 5.95. The van der Waals surface area contributed by atoms with Crippen molar-refractivity contribution in [3.05, 3.63) is 52.5 Å². The standard InChI is InChI=1S/C15H16ClNO3S/c1-10-9-15(11(2)8-12(10)16)21(18,19)17-13-6-4-5-7-14(13)20-3/h4-9,17H,1-3H3. The molecule has 2 aromatic rings. The Labute approximate surface area is 129 Å². The number of benzene rings is 2. The van der Waals surface area contributed by atoms with Gasteiger partial charge in [-0.1, -0.05) is 23.7 Å². The van der Waals surface area contributed by atoms with E-state index in [0.29, 0.717) is 27.6 Å². The van der Waals surface area contributed by atoms with Crippen LogP contribution < -0.4 is 9.46 Å². The van der Waals surface area contributed by atoms with E-state index >= 15 is 0 Å². The quantitative estimate of drug-likeness (QED) is 0.931. The Morgan fingerprint density at radius 1 is 1.10 bits per heavy atom. The van der Waals surface area contributed by atoms with Crippen molar-refractivity contribution in [2.45, 2.75) is 18.7 Å². The van der Waals surface area contributed by atoms with Crippen molar-refractivity contribution in [1.82, 2.24) is 0 Å². The van der Waals surface area contributed by atoms with Crippen LogP contribution in [0.1, 0.15) is 11.1 Å². The fraction of sp³-hybridized carbons (Fsp3) is 0.200. The third-order valence-electron chi connectivity index (χ3n) is 3.10. The van der Waals surface area contributed by atoms with Crippen LogP contribution in [0.3, 0.4) is 0 Å². The van der Waals surface area contributed by atoms with Crippen molar-refractivity contribution in [1.29, 1.82) is 0 Å². The predicted molar refractivity (Wildman–Crippen MR) is 84.7 cm³/mol. The normalized spacial score (nSPS) is 11.2. The average Bonchev–Trinajstić information content (AvgIpc) is 2.43. The molecule has 2 aromatic carbocycles. The molecule has 1 N–H and O–H groups in total. The summed E-state index contributed by atoms with van der Waals surface area (Å²) in [6.07, 6.45) is 0. The van der Waals surface area contributed by atoms with Crippen LogP contribution in [0.5, 0.6) is 5.75 Å². The van der Waals surface area contributed by atoms with E-state index in [4.69, 9.17) is 16.3 Å². The molecule has 0 unspecified atom stereocenters. The molecule has 112 valence electrons. The molecule has 0 saturated heterocycles. The molecule has 4 nitrogen and oxygen atoms in total. The lowest BCUT2D eigenvalue weighted by Crippen LogP contribution is -2.15. The zero-order valence-corrected chi connectivity index (χ0v) is 13.5. The number of halogens is 1. The van der Waals surface area contributed by atoms with Crippen LogP contribution in [0.25, 0.3) is 0 Å². The molecule has 0 aromatic heterocycles. The topological polar surface area (TPSA) is 55.4 Å². The largest absolute Gasteiger partial charge is 0.495 e. The van der Waals surface area contributed by atoms with E-state index in [0.717, 1.165) is 0 Å². The highest BCUT2D eigenvalue weighted by molar-refractivity contribution is 7.92. The second-order valence-electron chi connectivity index (χ2n) is 4.67. The summed E-state index contributed by atoms with van der Waals surface area (Å²) in [5.41, 5.74) is 1.70. The summed E-state index contributed by atoms with van der Waals surface area (Å²) in [6, 6.07) is 10.1. The molecule has 0 heterocycles. The Morgan fingerprint density at radius 2 is 1.76 bits per heavy atom. The number of hydrogen-bond donors (Lipinski definition) is 1. The summed E-state index contributed by atoms with van der Waals surface area (Å²) in [6.45, 7) is 3.48. The van der Waals surface area contributed by atoms with Gasteiger partial charge < -0.3 is 4.74 Å². The Morgan fingerprint density at radius 3 is 2.43 bits per heavy atom. The fourth-order valence-corrected chi connectivity index (χ4v) is 3.57. The average molecular weight is 326 g/mol. The summed E-state index contributed by atoms with van der Waals surface area (Å²) >= 11 is 6.01. The first kappa shape index (κ1) is 15.7. The van der Waals surface area contributed by atoms with Crippen LogP contribution in [0, 0.1) is 13.8 Å². The predicted octanol–water partition coefficient (Wildman–Crippen LogP) is 3.77. The lowest BCUT2D eigenvalue weighted by atomic mass is 10.2. The molecule has 0 aliphatic rings. The first-order valence-corrected chi connectivity index (χ1v) is 8.14. The number of anilines is 1. The van der Waals surface area contributed by atoms with Crippen LogP contribution in [-0.2, 0) is 10.0 Å². The van der Waals surface area contributed by atoms with Crippen molar-refractivity contribution in [3.8, 4) is 5.75 Å². The number of nitrogens with one attached hydrogen (secondary N) is 1. The number of sulfonamides is 1. The van der Waals surface area contributed by atoms with Gasteiger partial charge in [-0.2, -0.15) is 0 Å². The highest BCUT2D eigenvalue weighted by atomic mass is 35.5. The molecular formula is C15H16ClNO3S. The van der Waals surface area contributed by atoms with Gasteiger partial charge in [0.15, 0.2) is 0 Å². The number of rotatable bonds is 4. The minimum Gasteiger partial charge on any atom is -0.495 e. The van der Waals surface area contributed by atoms with Gasteiger partial charge in [0.1, 0.15) is 5.75 Å². The molecule has 0 aliphatic carbocycles. The van der Waals surface area contributed by atoms with Gasteiger partial charge in [-0.3, -0.25) is 4.72 Å². The van der Waals surface area contributed by atoms with Crippen LogP contribution in [0.2, 0.25) is 5.02 Å². The molecule has 0 amide bonds. The third-order valence-corrected chi connectivity index (χ3v) is 5.01. The van der Waals surface area contributed by atoms with Gasteiger partial charge in [0.25, 0.3) is 10.0 Å². The maximum absolute atomic E-state index is 12.5. The zero-order valence-electron chi connectivity index (χ0n) is 12.0. The van der Waals surface area contributed by atoms with E-state index < -0.39 is 10.0 Å². The van der Waals surface area contributed by atoms with Crippen LogP contribution in [0.4, 0.5) is 5.69 Å². The van der Waals surface area contributed by atoms with Gasteiger partial charge in [0.2, 0.25) is 0 Å². The zero-order chi connectivity index (χ0) is 15.6. The lowest BCUT2D eigenvalue weighted by Gasteiger charge is -2.14. The van der Waals surface area contributed by atoms with Crippen LogP contribution >= 0.6 is 11.6 Å². The van der Waals surface area contributed by atoms with Crippen molar-refractivity contribution in [3.63, 3.8) is 0 Å². The Hall–Kier alpha value is -1.72. The van der Waals surface area contributed by atoms with Gasteiger partial charge in [-0.25, -0.2) is 8.42 Å². The molecule has 0 bridgehead atoms. The van der Waals surface area contributed by atoms with Crippen molar-refractivity contribution in [2.75, 3.05) is 11.8 Å². The summed E-state index contributed by atoms with van der Waals surface area (Å²) in [5.74, 6) is 0.462. The van der Waals surface area contributed by atoms with Gasteiger partial charge in [0.05, 0.1) is 17.7 Å². The maximum Gasteiger partial charge on any atom is 0.262 e.